The number of hydrogen-bond donors (Lipinski definition) is 2. The zero-order valence-electron chi connectivity index (χ0n) is 7.08. The molecule has 0 heterocycles. The fourth-order valence-corrected chi connectivity index (χ4v) is 1.67. The summed E-state index contributed by atoms with van der Waals surface area (Å²) in [6.07, 6.45) is 4.63. The van der Waals surface area contributed by atoms with E-state index in [4.69, 9.17) is 0 Å². The molecule has 0 unspecified atom stereocenters. The van der Waals surface area contributed by atoms with Crippen LogP contribution in [-0.4, -0.2) is 27.6 Å². The van der Waals surface area contributed by atoms with Gasteiger partial charge in [-0.05, 0) is 32.6 Å². The molecule has 0 amide bonds. The predicted molar refractivity (Wildman–Crippen MR) is 42.2 cm³/mol. The average molecular weight is 159 g/mol. The molecule has 1 aliphatic rings. The monoisotopic (exact) mass is 159 g/mol. The van der Waals surface area contributed by atoms with Crippen LogP contribution in [0, 0.1) is 0 Å². The molecule has 0 aromatic heterocycles. The van der Waals surface area contributed by atoms with Gasteiger partial charge in [-0.1, -0.05) is 6.42 Å². The molecule has 0 aliphatic heterocycles. The van der Waals surface area contributed by atoms with Gasteiger partial charge in [-0.15, -0.1) is 0 Å². The lowest BCUT2D eigenvalue weighted by Gasteiger charge is -2.37. The number of aliphatic hydroxyl groups is 1. The molecule has 3 nitrogen and oxygen atoms in total. The van der Waals surface area contributed by atoms with E-state index in [0.717, 1.165) is 17.9 Å². The van der Waals surface area contributed by atoms with E-state index in [9.17, 15) is 10.3 Å². The second-order valence-corrected chi connectivity index (χ2v) is 3.26. The zero-order valence-corrected chi connectivity index (χ0v) is 7.08. The molecule has 66 valence electrons. The van der Waals surface area contributed by atoms with Gasteiger partial charge < -0.3 is 10.3 Å². The minimum absolute atomic E-state index is 0.497. The van der Waals surface area contributed by atoms with Crippen molar-refractivity contribution in [1.29, 1.82) is 0 Å². The van der Waals surface area contributed by atoms with E-state index in [-0.39, 0.29) is 0 Å². The molecule has 1 rings (SSSR count). The lowest BCUT2D eigenvalue weighted by Crippen LogP contribution is -2.48. The Hall–Kier alpha value is -0.120. The van der Waals surface area contributed by atoms with Gasteiger partial charge >= 0.3 is 0 Å². The Morgan fingerprint density at radius 3 is 2.27 bits per heavy atom. The summed E-state index contributed by atoms with van der Waals surface area (Å²) in [5.74, 6) is 0. The molecule has 0 bridgehead atoms. The molecule has 0 saturated heterocycles. The quantitative estimate of drug-likeness (QED) is 0.472. The highest BCUT2D eigenvalue weighted by atomic mass is 16.5. The Kier molecular flexibility index (Phi) is 2.87. The third-order valence-corrected chi connectivity index (χ3v) is 2.43. The van der Waals surface area contributed by atoms with Crippen molar-refractivity contribution in [2.24, 2.45) is 0 Å². The van der Waals surface area contributed by atoms with Gasteiger partial charge in [0.1, 0.15) is 5.72 Å². The molecule has 1 saturated carbocycles. The Bertz CT molecular complexity index is 121. The molecule has 0 spiro atoms. The van der Waals surface area contributed by atoms with Gasteiger partial charge in [-0.2, -0.15) is 5.06 Å². The fourth-order valence-electron chi connectivity index (χ4n) is 1.67. The molecule has 2 N–H and O–H groups in total. The first-order valence-electron chi connectivity index (χ1n) is 4.38. The van der Waals surface area contributed by atoms with Crippen LogP contribution in [0.1, 0.15) is 39.0 Å². The second kappa shape index (κ2) is 3.52. The van der Waals surface area contributed by atoms with Crippen LogP contribution < -0.4 is 0 Å². The topological polar surface area (TPSA) is 43.7 Å². The van der Waals surface area contributed by atoms with E-state index in [2.05, 4.69) is 0 Å². The minimum atomic E-state index is -0.924. The highest BCUT2D eigenvalue weighted by molar-refractivity contribution is 4.77. The van der Waals surface area contributed by atoms with E-state index in [0.29, 0.717) is 19.4 Å². The molecule has 0 radical (unpaired) electrons. The highest BCUT2D eigenvalue weighted by Crippen LogP contribution is 2.29. The Balaban J connectivity index is 2.49. The first-order chi connectivity index (χ1) is 5.19. The van der Waals surface area contributed by atoms with Crippen LogP contribution in [0.3, 0.4) is 0 Å². The maximum atomic E-state index is 9.82. The Morgan fingerprint density at radius 2 is 1.82 bits per heavy atom. The van der Waals surface area contributed by atoms with Gasteiger partial charge in [0.15, 0.2) is 0 Å². The zero-order chi connectivity index (χ0) is 8.32. The largest absolute Gasteiger partial charge is 0.374 e. The SMILES string of the molecule is CCN(O)C1(O)CCCCC1. The Labute approximate surface area is 67.6 Å². The third kappa shape index (κ3) is 1.92. The number of hydroxylamine groups is 2. The number of nitrogens with zero attached hydrogens (tertiary/aromatic N) is 1. The molecule has 0 atom stereocenters. The number of rotatable bonds is 2. The standard InChI is InChI=1S/C8H17NO2/c1-2-9(11)8(10)6-4-3-5-7-8/h10-11H,2-7H2,1H3. The van der Waals surface area contributed by atoms with Crippen molar-refractivity contribution in [3.63, 3.8) is 0 Å². The van der Waals surface area contributed by atoms with Gasteiger partial charge in [-0.25, -0.2) is 0 Å². The normalized spacial score (nSPS) is 24.0. The molecule has 3 heteroatoms. The number of hydrogen-bond acceptors (Lipinski definition) is 3. The fraction of sp³-hybridized carbons (Fsp3) is 1.00. The summed E-state index contributed by atoms with van der Waals surface area (Å²) >= 11 is 0. The van der Waals surface area contributed by atoms with E-state index in [1.54, 1.807) is 0 Å². The van der Waals surface area contributed by atoms with E-state index in [1.165, 1.54) is 6.42 Å². The van der Waals surface area contributed by atoms with Gasteiger partial charge in [0.25, 0.3) is 0 Å². The molecular formula is C8H17NO2. The summed E-state index contributed by atoms with van der Waals surface area (Å²) in [4.78, 5) is 0. The van der Waals surface area contributed by atoms with Gasteiger partial charge in [0, 0.05) is 6.54 Å². The minimum Gasteiger partial charge on any atom is -0.374 e. The summed E-state index contributed by atoms with van der Waals surface area (Å²) in [7, 11) is 0. The summed E-state index contributed by atoms with van der Waals surface area (Å²) in [6.45, 7) is 2.34. The molecule has 0 aromatic carbocycles. The smallest absolute Gasteiger partial charge is 0.140 e. The van der Waals surface area contributed by atoms with Crippen molar-refractivity contribution in [2.75, 3.05) is 6.54 Å². The molecule has 1 aliphatic carbocycles. The lowest BCUT2D eigenvalue weighted by atomic mass is 9.91. The summed E-state index contributed by atoms with van der Waals surface area (Å²) < 4.78 is 0. The van der Waals surface area contributed by atoms with Crippen molar-refractivity contribution in [2.45, 2.75) is 44.8 Å². The first kappa shape index (κ1) is 8.97. The van der Waals surface area contributed by atoms with E-state index < -0.39 is 5.72 Å². The van der Waals surface area contributed by atoms with Gasteiger partial charge in [-0.3, -0.25) is 0 Å². The van der Waals surface area contributed by atoms with Crippen LogP contribution >= 0.6 is 0 Å². The second-order valence-electron chi connectivity index (χ2n) is 3.26. The third-order valence-electron chi connectivity index (χ3n) is 2.43. The predicted octanol–water partition coefficient (Wildman–Crippen LogP) is 1.35. The summed E-state index contributed by atoms with van der Waals surface area (Å²) in [5.41, 5.74) is -0.924. The van der Waals surface area contributed by atoms with Crippen molar-refractivity contribution in [3.8, 4) is 0 Å². The summed E-state index contributed by atoms with van der Waals surface area (Å²) in [6, 6.07) is 0. The highest BCUT2D eigenvalue weighted by Gasteiger charge is 2.33. The van der Waals surface area contributed by atoms with Gasteiger partial charge in [0.2, 0.25) is 0 Å². The molecule has 0 aromatic rings. The molecule has 1 fully saturated rings. The van der Waals surface area contributed by atoms with Crippen molar-refractivity contribution < 1.29 is 10.3 Å². The van der Waals surface area contributed by atoms with Crippen molar-refractivity contribution >= 4 is 0 Å². The maximum absolute atomic E-state index is 9.82. The van der Waals surface area contributed by atoms with Gasteiger partial charge in [0.05, 0.1) is 0 Å². The van der Waals surface area contributed by atoms with Crippen molar-refractivity contribution in [1.82, 2.24) is 5.06 Å². The Morgan fingerprint density at radius 1 is 1.27 bits per heavy atom. The maximum Gasteiger partial charge on any atom is 0.140 e. The first-order valence-corrected chi connectivity index (χ1v) is 4.38. The molecular weight excluding hydrogens is 142 g/mol. The van der Waals surface area contributed by atoms with Crippen LogP contribution in [0.15, 0.2) is 0 Å². The van der Waals surface area contributed by atoms with Crippen molar-refractivity contribution in [3.05, 3.63) is 0 Å². The van der Waals surface area contributed by atoms with Crippen LogP contribution in [0.2, 0.25) is 0 Å². The lowest BCUT2D eigenvalue weighted by molar-refractivity contribution is -0.271. The van der Waals surface area contributed by atoms with Crippen LogP contribution in [0.4, 0.5) is 0 Å². The van der Waals surface area contributed by atoms with E-state index in [1.807, 2.05) is 6.92 Å². The average Bonchev–Trinajstić information content (AvgIpc) is 2.04. The van der Waals surface area contributed by atoms with Crippen LogP contribution in [0.5, 0.6) is 0 Å². The van der Waals surface area contributed by atoms with E-state index >= 15 is 0 Å². The van der Waals surface area contributed by atoms with Crippen LogP contribution in [0.25, 0.3) is 0 Å². The molecule has 11 heavy (non-hydrogen) atoms. The summed E-state index contributed by atoms with van der Waals surface area (Å²) in [5, 5.41) is 20.2. The van der Waals surface area contributed by atoms with Crippen LogP contribution in [-0.2, 0) is 0 Å².